The highest BCUT2D eigenvalue weighted by molar-refractivity contribution is 5.74. The molecular weight excluding hydrogens is 470 g/mol. The number of phenolic OH excluding ortho intramolecular Hbond substituents is 5. The number of methoxy groups -OCH3 is 1. The van der Waals surface area contributed by atoms with Gasteiger partial charge in [-0.25, -0.2) is 15.0 Å². The number of aromatic nitrogens is 3. The molecule has 0 saturated heterocycles. The fraction of sp³-hybridized carbons (Fsp3) is 0.120. The summed E-state index contributed by atoms with van der Waals surface area (Å²) in [7, 11) is 1.27. The summed E-state index contributed by atoms with van der Waals surface area (Å²) < 4.78 is 10.0. The Morgan fingerprint density at radius 3 is 1.56 bits per heavy atom. The minimum atomic E-state index is -0.434. The number of ether oxygens (including phenoxy) is 2. The Labute approximate surface area is 204 Å². The number of carbonyl (C=O) groups is 1. The van der Waals surface area contributed by atoms with E-state index in [9.17, 15) is 30.3 Å². The molecule has 11 nitrogen and oxygen atoms in total. The van der Waals surface area contributed by atoms with Crippen LogP contribution in [0.1, 0.15) is 6.42 Å². The molecule has 0 bridgehead atoms. The zero-order chi connectivity index (χ0) is 25.8. The quantitative estimate of drug-likeness (QED) is 0.240. The second-order valence-corrected chi connectivity index (χ2v) is 7.56. The second kappa shape index (κ2) is 10.1. The topological polar surface area (TPSA) is 175 Å². The largest absolute Gasteiger partial charge is 0.508 e. The van der Waals surface area contributed by atoms with Gasteiger partial charge in [-0.2, -0.15) is 0 Å². The number of rotatable bonds is 7. The monoisotopic (exact) mass is 491 g/mol. The van der Waals surface area contributed by atoms with Crippen LogP contribution in [0.25, 0.3) is 34.2 Å². The molecule has 4 rings (SSSR count). The van der Waals surface area contributed by atoms with E-state index in [2.05, 4.69) is 19.7 Å². The molecular formula is C25H21N3O8. The van der Waals surface area contributed by atoms with Gasteiger partial charge >= 0.3 is 5.97 Å². The highest BCUT2D eigenvalue weighted by atomic mass is 16.5. The smallest absolute Gasteiger partial charge is 0.308 e. The van der Waals surface area contributed by atoms with E-state index in [1.807, 2.05) is 0 Å². The fourth-order valence-electron chi connectivity index (χ4n) is 3.30. The molecule has 4 aromatic rings. The highest BCUT2D eigenvalue weighted by Gasteiger charge is 2.19. The maximum atomic E-state index is 11.3. The molecule has 0 aliphatic rings. The fourth-order valence-corrected chi connectivity index (χ4v) is 3.30. The van der Waals surface area contributed by atoms with Gasteiger partial charge in [0.15, 0.2) is 17.5 Å². The lowest BCUT2D eigenvalue weighted by Crippen LogP contribution is -2.07. The number of nitrogens with zero attached hydrogens (tertiary/aromatic N) is 3. The molecule has 0 spiro atoms. The number of benzene rings is 3. The first-order valence-corrected chi connectivity index (χ1v) is 10.6. The van der Waals surface area contributed by atoms with Gasteiger partial charge in [-0.05, 0) is 36.4 Å². The van der Waals surface area contributed by atoms with E-state index in [4.69, 9.17) is 4.74 Å². The molecule has 0 fully saturated rings. The van der Waals surface area contributed by atoms with Crippen LogP contribution in [-0.4, -0.2) is 60.2 Å². The Balaban J connectivity index is 1.79. The van der Waals surface area contributed by atoms with Crippen molar-refractivity contribution in [3.8, 4) is 68.7 Å². The van der Waals surface area contributed by atoms with Gasteiger partial charge in [-0.3, -0.25) is 4.79 Å². The lowest BCUT2D eigenvalue weighted by atomic mass is 10.1. The summed E-state index contributed by atoms with van der Waals surface area (Å²) in [5.74, 6) is -1.30. The van der Waals surface area contributed by atoms with Crippen molar-refractivity contribution in [2.45, 2.75) is 6.42 Å². The number of aromatic hydroxyl groups is 5. The van der Waals surface area contributed by atoms with Crippen molar-refractivity contribution >= 4 is 5.97 Å². The minimum absolute atomic E-state index is 0.00206. The molecule has 184 valence electrons. The number of phenols is 5. The average molecular weight is 491 g/mol. The lowest BCUT2D eigenvalue weighted by Gasteiger charge is -2.12. The van der Waals surface area contributed by atoms with Crippen molar-refractivity contribution in [2.75, 3.05) is 13.7 Å². The van der Waals surface area contributed by atoms with Crippen molar-refractivity contribution in [1.29, 1.82) is 0 Å². The van der Waals surface area contributed by atoms with Crippen molar-refractivity contribution in [2.24, 2.45) is 0 Å². The standard InChI is InChI=1S/C25H21N3O8/c1-35-22(34)8-9-36-15-4-7-18(21(33)12-15)25-27-23(16-5-2-13(29)10-19(16)31)26-24(28-25)17-6-3-14(30)11-20(17)32/h2-7,10-12,29-33H,8-9H2,1H3. The van der Waals surface area contributed by atoms with Gasteiger partial charge in [0.1, 0.15) is 34.5 Å². The first-order chi connectivity index (χ1) is 17.2. The summed E-state index contributed by atoms with van der Waals surface area (Å²) in [5, 5.41) is 50.6. The van der Waals surface area contributed by atoms with Crippen LogP contribution < -0.4 is 4.74 Å². The van der Waals surface area contributed by atoms with Crippen LogP contribution in [0.4, 0.5) is 0 Å². The third kappa shape index (κ3) is 5.20. The maximum Gasteiger partial charge on any atom is 0.308 e. The van der Waals surface area contributed by atoms with E-state index in [0.29, 0.717) is 5.75 Å². The Morgan fingerprint density at radius 2 is 1.14 bits per heavy atom. The number of hydrogen-bond donors (Lipinski definition) is 5. The van der Waals surface area contributed by atoms with Gasteiger partial charge in [0.25, 0.3) is 0 Å². The van der Waals surface area contributed by atoms with Crippen LogP contribution >= 0.6 is 0 Å². The highest BCUT2D eigenvalue weighted by Crippen LogP contribution is 2.37. The molecule has 36 heavy (non-hydrogen) atoms. The number of esters is 1. The molecule has 0 aliphatic carbocycles. The maximum absolute atomic E-state index is 11.3. The van der Waals surface area contributed by atoms with Gasteiger partial charge in [-0.15, -0.1) is 0 Å². The molecule has 3 aromatic carbocycles. The summed E-state index contributed by atoms with van der Waals surface area (Å²) in [6, 6.07) is 12.1. The van der Waals surface area contributed by atoms with Crippen molar-refractivity contribution in [1.82, 2.24) is 15.0 Å². The zero-order valence-electron chi connectivity index (χ0n) is 18.9. The minimum Gasteiger partial charge on any atom is -0.508 e. The summed E-state index contributed by atoms with van der Waals surface area (Å²) >= 11 is 0. The van der Waals surface area contributed by atoms with Crippen LogP contribution in [0.15, 0.2) is 54.6 Å². The van der Waals surface area contributed by atoms with Crippen LogP contribution in [0, 0.1) is 0 Å². The number of carbonyl (C=O) groups excluding carboxylic acids is 1. The van der Waals surface area contributed by atoms with Crippen LogP contribution in [0.3, 0.4) is 0 Å². The van der Waals surface area contributed by atoms with E-state index < -0.39 is 5.97 Å². The van der Waals surface area contributed by atoms with E-state index in [-0.39, 0.29) is 75.9 Å². The Morgan fingerprint density at radius 1 is 0.694 bits per heavy atom. The summed E-state index contributed by atoms with van der Waals surface area (Å²) in [4.78, 5) is 24.3. The van der Waals surface area contributed by atoms with Crippen molar-refractivity contribution < 1.29 is 39.8 Å². The van der Waals surface area contributed by atoms with Crippen LogP contribution in [0.2, 0.25) is 0 Å². The van der Waals surface area contributed by atoms with Gasteiger partial charge < -0.3 is 35.0 Å². The number of hydrogen-bond acceptors (Lipinski definition) is 11. The Hall–Kier alpha value is -5.06. The van der Waals surface area contributed by atoms with Crippen LogP contribution in [0.5, 0.6) is 34.5 Å². The molecule has 1 heterocycles. The predicted octanol–water partition coefficient (Wildman–Crippen LogP) is 3.34. The third-order valence-electron chi connectivity index (χ3n) is 5.09. The lowest BCUT2D eigenvalue weighted by molar-refractivity contribution is -0.141. The average Bonchev–Trinajstić information content (AvgIpc) is 2.83. The van der Waals surface area contributed by atoms with E-state index >= 15 is 0 Å². The molecule has 0 aliphatic heterocycles. The molecule has 0 radical (unpaired) electrons. The van der Waals surface area contributed by atoms with Gasteiger partial charge in [-0.1, -0.05) is 0 Å². The molecule has 5 N–H and O–H groups in total. The van der Waals surface area contributed by atoms with E-state index in [0.717, 1.165) is 12.1 Å². The predicted molar refractivity (Wildman–Crippen MR) is 127 cm³/mol. The molecule has 0 saturated carbocycles. The van der Waals surface area contributed by atoms with Gasteiger partial charge in [0.2, 0.25) is 0 Å². The van der Waals surface area contributed by atoms with Gasteiger partial charge in [0.05, 0.1) is 36.8 Å². The molecule has 0 unspecified atom stereocenters. The van der Waals surface area contributed by atoms with E-state index in [1.165, 1.54) is 43.5 Å². The van der Waals surface area contributed by atoms with Crippen molar-refractivity contribution in [3.63, 3.8) is 0 Å². The summed E-state index contributed by atoms with van der Waals surface area (Å²) in [6.07, 6.45) is 0.0332. The summed E-state index contributed by atoms with van der Waals surface area (Å²) in [6.45, 7) is 0.0474. The zero-order valence-corrected chi connectivity index (χ0v) is 18.9. The summed E-state index contributed by atoms with van der Waals surface area (Å²) in [5.41, 5.74) is 0.521. The first kappa shape index (κ1) is 24.1. The van der Waals surface area contributed by atoms with E-state index in [1.54, 1.807) is 6.07 Å². The van der Waals surface area contributed by atoms with Crippen LogP contribution in [-0.2, 0) is 9.53 Å². The first-order valence-electron chi connectivity index (χ1n) is 10.6. The SMILES string of the molecule is COC(=O)CCOc1ccc(-c2nc(-c3ccc(O)cc3O)nc(-c3ccc(O)cc3O)n2)c(O)c1. The van der Waals surface area contributed by atoms with Gasteiger partial charge in [0, 0.05) is 18.2 Å². The molecule has 0 amide bonds. The Kier molecular flexibility index (Phi) is 6.72. The molecule has 1 aromatic heterocycles. The second-order valence-electron chi connectivity index (χ2n) is 7.56. The molecule has 0 atom stereocenters. The third-order valence-corrected chi connectivity index (χ3v) is 5.09. The van der Waals surface area contributed by atoms with Crippen molar-refractivity contribution in [3.05, 3.63) is 54.6 Å². The Bertz CT molecular complexity index is 1370. The normalized spacial score (nSPS) is 10.7. The molecule has 11 heteroatoms.